The second-order valence-corrected chi connectivity index (χ2v) is 6.23. The van der Waals surface area contributed by atoms with Crippen LogP contribution in [0.15, 0.2) is 29.3 Å². The molecule has 0 saturated carbocycles. The number of hydrogen-bond donors (Lipinski definition) is 2. The molecule has 0 bridgehead atoms. The molecule has 1 heterocycles. The summed E-state index contributed by atoms with van der Waals surface area (Å²) in [6.07, 6.45) is 1.77. The zero-order chi connectivity index (χ0) is 19.5. The lowest BCUT2D eigenvalue weighted by atomic mass is 10.2. The second kappa shape index (κ2) is 13.8. The van der Waals surface area contributed by atoms with Crippen LogP contribution in [0.5, 0.6) is 5.75 Å². The minimum atomic E-state index is -2.83. The van der Waals surface area contributed by atoms with Crippen LogP contribution in [0.25, 0.3) is 0 Å². The molecular formula is C19H31F2IN4O2. The molecule has 1 aromatic rings. The van der Waals surface area contributed by atoms with Gasteiger partial charge in [0.2, 0.25) is 0 Å². The maximum absolute atomic E-state index is 12.6. The molecule has 0 aliphatic carbocycles. The van der Waals surface area contributed by atoms with Crippen molar-refractivity contribution in [3.63, 3.8) is 0 Å². The number of anilines is 1. The summed E-state index contributed by atoms with van der Waals surface area (Å²) >= 11 is 0. The number of aliphatic imine (C=N–C) groups is 1. The zero-order valence-corrected chi connectivity index (χ0v) is 18.8. The fourth-order valence-electron chi connectivity index (χ4n) is 3.03. The van der Waals surface area contributed by atoms with Crippen molar-refractivity contribution in [3.05, 3.63) is 24.3 Å². The van der Waals surface area contributed by atoms with E-state index in [0.29, 0.717) is 25.4 Å². The van der Waals surface area contributed by atoms with Crippen molar-refractivity contribution in [3.8, 4) is 5.75 Å². The molecule has 1 saturated heterocycles. The maximum atomic E-state index is 12.6. The lowest BCUT2D eigenvalue weighted by Crippen LogP contribution is -2.44. The number of alkyl halides is 2. The molecule has 1 aliphatic rings. The van der Waals surface area contributed by atoms with Gasteiger partial charge in [-0.15, -0.1) is 24.0 Å². The molecule has 1 aliphatic heterocycles. The van der Waals surface area contributed by atoms with E-state index >= 15 is 0 Å². The minimum absolute atomic E-state index is 0. The third kappa shape index (κ3) is 8.34. The lowest BCUT2D eigenvalue weighted by Gasteiger charge is -2.22. The Kier molecular flexibility index (Phi) is 12.1. The number of halogens is 3. The van der Waals surface area contributed by atoms with Gasteiger partial charge in [-0.3, -0.25) is 4.99 Å². The average molecular weight is 512 g/mol. The van der Waals surface area contributed by atoms with Gasteiger partial charge in [0, 0.05) is 45.4 Å². The van der Waals surface area contributed by atoms with Crippen molar-refractivity contribution in [2.45, 2.75) is 39.3 Å². The van der Waals surface area contributed by atoms with Crippen LogP contribution in [0.4, 0.5) is 14.5 Å². The van der Waals surface area contributed by atoms with Gasteiger partial charge in [0.15, 0.2) is 5.96 Å². The first-order valence-electron chi connectivity index (χ1n) is 9.55. The third-order valence-electron chi connectivity index (χ3n) is 4.22. The molecule has 1 atom stereocenters. The Labute approximate surface area is 183 Å². The Morgan fingerprint density at radius 2 is 2.11 bits per heavy atom. The Morgan fingerprint density at radius 3 is 2.82 bits per heavy atom. The first-order valence-corrected chi connectivity index (χ1v) is 9.55. The van der Waals surface area contributed by atoms with E-state index in [4.69, 9.17) is 4.74 Å². The molecule has 28 heavy (non-hydrogen) atoms. The SMILES string of the molecule is CCNC(=NCCCOCC)NC1CCN(c2ccccc2OC(F)F)C1.I. The molecular weight excluding hydrogens is 481 g/mol. The highest BCUT2D eigenvalue weighted by Gasteiger charge is 2.26. The van der Waals surface area contributed by atoms with Gasteiger partial charge in [-0.25, -0.2) is 0 Å². The van der Waals surface area contributed by atoms with E-state index in [-0.39, 0.29) is 35.8 Å². The molecule has 1 unspecified atom stereocenters. The fourth-order valence-corrected chi connectivity index (χ4v) is 3.03. The number of rotatable bonds is 10. The summed E-state index contributed by atoms with van der Waals surface area (Å²) in [7, 11) is 0. The standard InChI is InChI=1S/C19H30F2N4O2.HI/c1-3-22-19(23-11-7-13-26-4-2)24-15-10-12-25(14-15)16-8-5-6-9-17(16)27-18(20)21;/h5-6,8-9,15,18H,3-4,7,10-14H2,1-2H3,(H2,22,23,24);1H. The van der Waals surface area contributed by atoms with Gasteiger partial charge in [0.1, 0.15) is 5.75 Å². The van der Waals surface area contributed by atoms with Crippen LogP contribution >= 0.6 is 24.0 Å². The Hall–Kier alpha value is -1.36. The fraction of sp³-hybridized carbons (Fsp3) is 0.632. The van der Waals surface area contributed by atoms with Gasteiger partial charge < -0.3 is 25.0 Å². The largest absolute Gasteiger partial charge is 0.433 e. The molecule has 6 nitrogen and oxygen atoms in total. The molecule has 9 heteroatoms. The number of ether oxygens (including phenoxy) is 2. The Bertz CT molecular complexity index is 593. The number of nitrogens with zero attached hydrogens (tertiary/aromatic N) is 2. The summed E-state index contributed by atoms with van der Waals surface area (Å²) in [6, 6.07) is 7.11. The predicted molar refractivity (Wildman–Crippen MR) is 119 cm³/mol. The summed E-state index contributed by atoms with van der Waals surface area (Å²) < 4.78 is 35.2. The van der Waals surface area contributed by atoms with Crippen molar-refractivity contribution >= 4 is 35.6 Å². The van der Waals surface area contributed by atoms with Gasteiger partial charge in [-0.05, 0) is 38.8 Å². The smallest absolute Gasteiger partial charge is 0.387 e. The van der Waals surface area contributed by atoms with Crippen molar-refractivity contribution < 1.29 is 18.3 Å². The first kappa shape index (κ1) is 24.7. The van der Waals surface area contributed by atoms with Crippen LogP contribution in [0, 0.1) is 0 Å². The van der Waals surface area contributed by atoms with Crippen molar-refractivity contribution in [1.82, 2.24) is 10.6 Å². The number of guanidine groups is 1. The van der Waals surface area contributed by atoms with E-state index in [1.165, 1.54) is 0 Å². The van der Waals surface area contributed by atoms with Gasteiger partial charge in [-0.1, -0.05) is 12.1 Å². The zero-order valence-electron chi connectivity index (χ0n) is 16.5. The number of benzene rings is 1. The molecule has 0 amide bonds. The summed E-state index contributed by atoms with van der Waals surface area (Å²) in [4.78, 5) is 6.64. The van der Waals surface area contributed by atoms with E-state index < -0.39 is 6.61 Å². The van der Waals surface area contributed by atoms with Crippen molar-refractivity contribution in [1.29, 1.82) is 0 Å². The number of para-hydroxylation sites is 2. The highest BCUT2D eigenvalue weighted by Crippen LogP contribution is 2.31. The van der Waals surface area contributed by atoms with E-state index in [2.05, 4.69) is 25.3 Å². The molecule has 2 N–H and O–H groups in total. The van der Waals surface area contributed by atoms with E-state index in [9.17, 15) is 8.78 Å². The average Bonchev–Trinajstić information content (AvgIpc) is 3.10. The van der Waals surface area contributed by atoms with Crippen LogP contribution < -0.4 is 20.3 Å². The number of hydrogen-bond acceptors (Lipinski definition) is 4. The normalized spacial score (nSPS) is 16.8. The molecule has 160 valence electrons. The molecule has 2 rings (SSSR count). The summed E-state index contributed by atoms with van der Waals surface area (Å²) in [5, 5.41) is 6.68. The molecule has 1 aromatic carbocycles. The quantitative estimate of drug-likeness (QED) is 0.218. The number of nitrogens with one attached hydrogen (secondary N) is 2. The highest BCUT2D eigenvalue weighted by molar-refractivity contribution is 14.0. The third-order valence-corrected chi connectivity index (χ3v) is 4.22. The van der Waals surface area contributed by atoms with Crippen molar-refractivity contribution in [2.24, 2.45) is 4.99 Å². The van der Waals surface area contributed by atoms with Crippen LogP contribution in [0.3, 0.4) is 0 Å². The predicted octanol–water partition coefficient (Wildman–Crippen LogP) is 3.47. The first-order chi connectivity index (χ1) is 13.1. The summed E-state index contributed by atoms with van der Waals surface area (Å²) in [6.45, 7) is 5.54. The van der Waals surface area contributed by atoms with Gasteiger partial charge in [-0.2, -0.15) is 8.78 Å². The second-order valence-electron chi connectivity index (χ2n) is 6.23. The van der Waals surface area contributed by atoms with Crippen LogP contribution in [-0.2, 0) is 4.74 Å². The maximum Gasteiger partial charge on any atom is 0.387 e. The Balaban J connectivity index is 0.00000392. The van der Waals surface area contributed by atoms with Gasteiger partial charge >= 0.3 is 6.61 Å². The molecule has 0 aromatic heterocycles. The van der Waals surface area contributed by atoms with E-state index in [1.54, 1.807) is 12.1 Å². The van der Waals surface area contributed by atoms with Crippen LogP contribution in [-0.4, -0.2) is 58.0 Å². The van der Waals surface area contributed by atoms with E-state index in [1.807, 2.05) is 26.0 Å². The molecule has 0 spiro atoms. The van der Waals surface area contributed by atoms with Crippen molar-refractivity contribution in [2.75, 3.05) is 44.3 Å². The highest BCUT2D eigenvalue weighted by atomic mass is 127. The lowest BCUT2D eigenvalue weighted by molar-refractivity contribution is -0.0495. The monoisotopic (exact) mass is 512 g/mol. The molecule has 1 fully saturated rings. The summed E-state index contributed by atoms with van der Waals surface area (Å²) in [5.41, 5.74) is 0.695. The molecule has 0 radical (unpaired) electrons. The Morgan fingerprint density at radius 1 is 1.32 bits per heavy atom. The summed E-state index contributed by atoms with van der Waals surface area (Å²) in [5.74, 6) is 0.989. The van der Waals surface area contributed by atoms with Gasteiger partial charge in [0.25, 0.3) is 0 Å². The van der Waals surface area contributed by atoms with Crippen LogP contribution in [0.2, 0.25) is 0 Å². The van der Waals surface area contributed by atoms with E-state index in [0.717, 1.165) is 38.5 Å². The van der Waals surface area contributed by atoms with Gasteiger partial charge in [0.05, 0.1) is 5.69 Å². The topological polar surface area (TPSA) is 58.1 Å². The minimum Gasteiger partial charge on any atom is -0.433 e. The van der Waals surface area contributed by atoms with Crippen LogP contribution in [0.1, 0.15) is 26.7 Å².